The van der Waals surface area contributed by atoms with E-state index in [1.807, 2.05) is 37.3 Å². The third-order valence-electron chi connectivity index (χ3n) is 2.19. The van der Waals surface area contributed by atoms with Crippen molar-refractivity contribution in [2.75, 3.05) is 13.7 Å². The molecular formula is C13H17N5OS2. The first kappa shape index (κ1) is 17.0. The number of ether oxygens (including phenoxy) is 1. The molecule has 6 nitrogen and oxygen atoms in total. The van der Waals surface area contributed by atoms with Crippen LogP contribution in [0.5, 0.6) is 0 Å². The zero-order chi connectivity index (χ0) is 15.5. The molecule has 0 saturated heterocycles. The Morgan fingerprint density at radius 1 is 1.24 bits per heavy atom. The molecule has 0 aliphatic rings. The summed E-state index contributed by atoms with van der Waals surface area (Å²) < 4.78 is 5.11. The average Bonchev–Trinajstić information content (AvgIpc) is 2.51. The molecule has 0 heterocycles. The van der Waals surface area contributed by atoms with Crippen molar-refractivity contribution in [3.05, 3.63) is 35.9 Å². The molecule has 1 aromatic carbocycles. The summed E-state index contributed by atoms with van der Waals surface area (Å²) in [5.41, 5.74) is 6.79. The maximum Gasteiger partial charge on any atom is 0.277 e. The number of hydrogen-bond donors (Lipinski definition) is 3. The molecule has 0 bridgehead atoms. The Kier molecular flexibility index (Phi) is 7.92. The quantitative estimate of drug-likeness (QED) is 0.432. The van der Waals surface area contributed by atoms with E-state index >= 15 is 0 Å². The molecule has 0 aromatic heterocycles. The van der Waals surface area contributed by atoms with Crippen molar-refractivity contribution >= 4 is 46.6 Å². The summed E-state index contributed by atoms with van der Waals surface area (Å²) in [4.78, 5) is 0. The van der Waals surface area contributed by atoms with Crippen LogP contribution in [0.1, 0.15) is 12.5 Å². The molecule has 1 rings (SSSR count). The van der Waals surface area contributed by atoms with Gasteiger partial charge in [0.2, 0.25) is 0 Å². The standard InChI is InChI=1S/C13H17N5OS2/c1-3-19-13(21)18-16-11(9-15-17-12(20)14-2)10-7-5-4-6-8-10/h4-9H,3H2,1-2H3,(H,18,21)(H2,14,17,20). The monoisotopic (exact) mass is 323 g/mol. The van der Waals surface area contributed by atoms with E-state index < -0.39 is 0 Å². The van der Waals surface area contributed by atoms with E-state index in [-0.39, 0.29) is 5.17 Å². The highest BCUT2D eigenvalue weighted by molar-refractivity contribution is 7.80. The number of benzene rings is 1. The van der Waals surface area contributed by atoms with Gasteiger partial charge in [-0.05, 0) is 31.4 Å². The van der Waals surface area contributed by atoms with Gasteiger partial charge >= 0.3 is 0 Å². The molecule has 112 valence electrons. The van der Waals surface area contributed by atoms with Gasteiger partial charge in [0, 0.05) is 12.6 Å². The molecular weight excluding hydrogens is 306 g/mol. The number of hydrogen-bond acceptors (Lipinski definition) is 5. The molecule has 21 heavy (non-hydrogen) atoms. The molecule has 0 unspecified atom stereocenters. The van der Waals surface area contributed by atoms with E-state index in [4.69, 9.17) is 29.2 Å². The first-order chi connectivity index (χ1) is 10.2. The second-order valence-corrected chi connectivity index (χ2v) is 4.42. The van der Waals surface area contributed by atoms with Crippen LogP contribution in [0.2, 0.25) is 0 Å². The van der Waals surface area contributed by atoms with Crippen molar-refractivity contribution in [2.45, 2.75) is 6.92 Å². The molecule has 0 radical (unpaired) electrons. The van der Waals surface area contributed by atoms with E-state index in [0.29, 0.717) is 17.4 Å². The lowest BCUT2D eigenvalue weighted by molar-refractivity contribution is 0.321. The Morgan fingerprint density at radius 3 is 2.57 bits per heavy atom. The van der Waals surface area contributed by atoms with Crippen LogP contribution in [0.3, 0.4) is 0 Å². The Balaban J connectivity index is 2.82. The summed E-state index contributed by atoms with van der Waals surface area (Å²) >= 11 is 9.90. The number of nitrogens with one attached hydrogen (secondary N) is 3. The van der Waals surface area contributed by atoms with Gasteiger partial charge in [-0.2, -0.15) is 10.2 Å². The SMILES string of the molecule is CCOC(=S)NN=C(C=NNC(=S)NC)c1ccccc1. The van der Waals surface area contributed by atoms with Crippen LogP contribution in [0, 0.1) is 0 Å². The predicted octanol–water partition coefficient (Wildman–Crippen LogP) is 1.38. The lowest BCUT2D eigenvalue weighted by Gasteiger charge is -2.06. The van der Waals surface area contributed by atoms with Crippen molar-refractivity contribution < 1.29 is 4.74 Å². The van der Waals surface area contributed by atoms with Gasteiger partial charge in [0.15, 0.2) is 5.11 Å². The summed E-state index contributed by atoms with van der Waals surface area (Å²) in [6.45, 7) is 2.33. The van der Waals surface area contributed by atoms with Crippen LogP contribution >= 0.6 is 24.4 Å². The van der Waals surface area contributed by atoms with Gasteiger partial charge in [-0.15, -0.1) is 0 Å². The lowest BCUT2D eigenvalue weighted by atomic mass is 10.1. The van der Waals surface area contributed by atoms with Crippen molar-refractivity contribution in [1.29, 1.82) is 0 Å². The lowest BCUT2D eigenvalue weighted by Crippen LogP contribution is -2.29. The molecule has 1 aromatic rings. The molecule has 3 N–H and O–H groups in total. The van der Waals surface area contributed by atoms with Crippen LogP contribution < -0.4 is 16.2 Å². The minimum atomic E-state index is 0.207. The molecule has 0 spiro atoms. The molecule has 0 amide bonds. The second kappa shape index (κ2) is 9.78. The van der Waals surface area contributed by atoms with E-state index in [9.17, 15) is 0 Å². The van der Waals surface area contributed by atoms with Crippen LogP contribution in [-0.2, 0) is 4.74 Å². The topological polar surface area (TPSA) is 70.0 Å². The second-order valence-electron chi connectivity index (χ2n) is 3.64. The molecule has 8 heteroatoms. The smallest absolute Gasteiger partial charge is 0.277 e. The third-order valence-corrected chi connectivity index (χ3v) is 2.70. The van der Waals surface area contributed by atoms with E-state index in [1.54, 1.807) is 13.3 Å². The number of rotatable bonds is 5. The van der Waals surface area contributed by atoms with E-state index in [0.717, 1.165) is 5.56 Å². The largest absolute Gasteiger partial charge is 0.470 e. The fraction of sp³-hybridized carbons (Fsp3) is 0.231. The summed E-state index contributed by atoms with van der Waals surface area (Å²) in [6, 6.07) is 9.56. The summed E-state index contributed by atoms with van der Waals surface area (Å²) in [7, 11) is 1.71. The fourth-order valence-electron chi connectivity index (χ4n) is 1.25. The number of hydrazone groups is 2. The minimum Gasteiger partial charge on any atom is -0.470 e. The highest BCUT2D eigenvalue weighted by Gasteiger charge is 2.01. The Hall–Kier alpha value is -2.06. The first-order valence-electron chi connectivity index (χ1n) is 6.24. The van der Waals surface area contributed by atoms with Gasteiger partial charge in [-0.3, -0.25) is 5.43 Å². The van der Waals surface area contributed by atoms with Crippen LogP contribution in [0.15, 0.2) is 40.5 Å². The minimum absolute atomic E-state index is 0.207. The zero-order valence-electron chi connectivity index (χ0n) is 11.8. The molecule has 0 aliphatic heterocycles. The zero-order valence-corrected chi connectivity index (χ0v) is 13.4. The normalized spacial score (nSPS) is 11.0. The third kappa shape index (κ3) is 6.77. The Labute approximate surface area is 134 Å². The highest BCUT2D eigenvalue weighted by Crippen LogP contribution is 1.99. The van der Waals surface area contributed by atoms with Crippen molar-refractivity contribution in [3.8, 4) is 0 Å². The molecule has 0 atom stereocenters. The van der Waals surface area contributed by atoms with Crippen LogP contribution in [-0.4, -0.2) is 35.9 Å². The van der Waals surface area contributed by atoms with Gasteiger partial charge < -0.3 is 10.1 Å². The predicted molar refractivity (Wildman–Crippen MR) is 93.6 cm³/mol. The molecule has 0 fully saturated rings. The molecule has 0 aliphatic carbocycles. The summed E-state index contributed by atoms with van der Waals surface area (Å²) in [6.07, 6.45) is 1.54. The van der Waals surface area contributed by atoms with Gasteiger partial charge in [0.25, 0.3) is 5.17 Å². The van der Waals surface area contributed by atoms with Crippen molar-refractivity contribution in [2.24, 2.45) is 10.2 Å². The van der Waals surface area contributed by atoms with Crippen LogP contribution in [0.25, 0.3) is 0 Å². The van der Waals surface area contributed by atoms with E-state index in [2.05, 4.69) is 26.4 Å². The summed E-state index contributed by atoms with van der Waals surface area (Å²) in [5, 5.41) is 11.6. The van der Waals surface area contributed by atoms with Crippen molar-refractivity contribution in [1.82, 2.24) is 16.2 Å². The van der Waals surface area contributed by atoms with Crippen LogP contribution in [0.4, 0.5) is 0 Å². The van der Waals surface area contributed by atoms with Crippen molar-refractivity contribution in [3.63, 3.8) is 0 Å². The maximum absolute atomic E-state index is 5.11. The molecule has 0 saturated carbocycles. The number of thiocarbonyl (C=S) groups is 2. The van der Waals surface area contributed by atoms with Gasteiger partial charge in [-0.1, -0.05) is 30.3 Å². The first-order valence-corrected chi connectivity index (χ1v) is 7.05. The number of nitrogens with zero attached hydrogens (tertiary/aromatic N) is 2. The summed E-state index contributed by atoms with van der Waals surface area (Å²) in [5.74, 6) is 0. The fourth-order valence-corrected chi connectivity index (χ4v) is 1.47. The average molecular weight is 323 g/mol. The Morgan fingerprint density at radius 2 is 1.95 bits per heavy atom. The maximum atomic E-state index is 5.11. The van der Waals surface area contributed by atoms with E-state index in [1.165, 1.54) is 0 Å². The Bertz CT molecular complexity index is 531. The highest BCUT2D eigenvalue weighted by atomic mass is 32.1. The van der Waals surface area contributed by atoms with Gasteiger partial charge in [0.1, 0.15) is 5.71 Å². The van der Waals surface area contributed by atoms with Gasteiger partial charge in [0.05, 0.1) is 12.8 Å². The van der Waals surface area contributed by atoms with Gasteiger partial charge in [-0.25, -0.2) is 5.43 Å².